The number of carbonyl (C=O) groups is 1. The maximum Gasteiger partial charge on any atom is 0.297 e. The zero-order valence-corrected chi connectivity index (χ0v) is 12.3. The zero-order chi connectivity index (χ0) is 15.9. The fourth-order valence-electron chi connectivity index (χ4n) is 1.76. The average molecular weight is 303 g/mol. The van der Waals surface area contributed by atoms with Gasteiger partial charge in [-0.1, -0.05) is 0 Å². The van der Waals surface area contributed by atoms with Crippen molar-refractivity contribution in [2.45, 2.75) is 26.3 Å². The number of hydrogen-bond donors (Lipinski definition) is 1. The van der Waals surface area contributed by atoms with E-state index in [1.807, 2.05) is 20.8 Å². The Morgan fingerprint density at radius 3 is 2.73 bits per heavy atom. The summed E-state index contributed by atoms with van der Waals surface area (Å²) in [6, 6.07) is 2.73. The van der Waals surface area contributed by atoms with Crippen molar-refractivity contribution in [3.63, 3.8) is 0 Å². The van der Waals surface area contributed by atoms with Crippen molar-refractivity contribution in [1.82, 2.24) is 29.4 Å². The molecule has 114 valence electrons. The van der Waals surface area contributed by atoms with Gasteiger partial charge in [-0.2, -0.15) is 4.98 Å². The highest BCUT2D eigenvalue weighted by Gasteiger charge is 2.19. The van der Waals surface area contributed by atoms with Gasteiger partial charge in [0.2, 0.25) is 11.8 Å². The predicted octanol–water partition coefficient (Wildman–Crippen LogP) is 1.47. The third kappa shape index (κ3) is 2.65. The molecule has 0 radical (unpaired) electrons. The van der Waals surface area contributed by atoms with Crippen molar-refractivity contribution in [2.24, 2.45) is 0 Å². The fraction of sp³-hybridized carbons (Fsp3) is 0.308. The highest BCUT2D eigenvalue weighted by Crippen LogP contribution is 2.12. The van der Waals surface area contributed by atoms with E-state index in [0.717, 1.165) is 0 Å². The van der Waals surface area contributed by atoms with E-state index in [0.29, 0.717) is 5.65 Å². The van der Waals surface area contributed by atoms with Crippen molar-refractivity contribution in [3.05, 3.63) is 36.3 Å². The second kappa shape index (κ2) is 4.86. The molecule has 9 heteroatoms. The van der Waals surface area contributed by atoms with Gasteiger partial charge >= 0.3 is 0 Å². The highest BCUT2D eigenvalue weighted by molar-refractivity contribution is 6.00. The van der Waals surface area contributed by atoms with E-state index >= 15 is 0 Å². The lowest BCUT2D eigenvalue weighted by Crippen LogP contribution is -2.23. The van der Waals surface area contributed by atoms with Gasteiger partial charge in [-0.3, -0.25) is 10.1 Å². The molecule has 0 bridgehead atoms. The first kappa shape index (κ1) is 14.1. The van der Waals surface area contributed by atoms with E-state index < -0.39 is 11.7 Å². The van der Waals surface area contributed by atoms with Gasteiger partial charge in [0.15, 0.2) is 5.65 Å². The number of nitrogens with zero attached hydrogens (tertiary/aromatic N) is 6. The Labute approximate surface area is 125 Å². The van der Waals surface area contributed by atoms with Gasteiger partial charge in [0.05, 0.1) is 11.7 Å². The average Bonchev–Trinajstić information content (AvgIpc) is 3.03. The van der Waals surface area contributed by atoms with Crippen molar-refractivity contribution < 1.29 is 9.18 Å². The number of pyridine rings is 1. The SMILES string of the molecule is CC(C)(C)n1cnc(C(=O)Nc2nc3ccc(F)cn3n2)n1. The van der Waals surface area contributed by atoms with Gasteiger partial charge < -0.3 is 0 Å². The number of fused-ring (bicyclic) bond motifs is 1. The molecular formula is C13H14FN7O. The van der Waals surface area contributed by atoms with E-state index in [1.54, 1.807) is 4.68 Å². The molecule has 3 rings (SSSR count). The molecule has 0 aliphatic heterocycles. The van der Waals surface area contributed by atoms with E-state index in [2.05, 4.69) is 25.5 Å². The van der Waals surface area contributed by atoms with Gasteiger partial charge in [-0.15, -0.1) is 10.2 Å². The Balaban J connectivity index is 1.82. The lowest BCUT2D eigenvalue weighted by molar-refractivity contribution is 0.101. The van der Waals surface area contributed by atoms with Crippen LogP contribution in [0.1, 0.15) is 31.4 Å². The Morgan fingerprint density at radius 2 is 2.05 bits per heavy atom. The van der Waals surface area contributed by atoms with Crippen LogP contribution in [-0.4, -0.2) is 35.3 Å². The van der Waals surface area contributed by atoms with E-state index in [9.17, 15) is 9.18 Å². The summed E-state index contributed by atoms with van der Waals surface area (Å²) in [6.45, 7) is 5.84. The molecule has 1 N–H and O–H groups in total. The van der Waals surface area contributed by atoms with Crippen LogP contribution in [0.25, 0.3) is 5.65 Å². The second-order valence-corrected chi connectivity index (χ2v) is 5.72. The first-order chi connectivity index (χ1) is 10.3. The van der Waals surface area contributed by atoms with Crippen molar-refractivity contribution in [2.75, 3.05) is 5.32 Å². The van der Waals surface area contributed by atoms with Crippen LogP contribution >= 0.6 is 0 Å². The number of hydrogen-bond acceptors (Lipinski definition) is 5. The van der Waals surface area contributed by atoms with Gasteiger partial charge in [0, 0.05) is 0 Å². The summed E-state index contributed by atoms with van der Waals surface area (Å²) in [4.78, 5) is 20.1. The van der Waals surface area contributed by atoms with E-state index in [4.69, 9.17) is 0 Å². The summed E-state index contributed by atoms with van der Waals surface area (Å²) in [5.74, 6) is -0.900. The molecule has 0 spiro atoms. The van der Waals surface area contributed by atoms with Crippen LogP contribution in [-0.2, 0) is 5.54 Å². The summed E-state index contributed by atoms with van der Waals surface area (Å²) in [5, 5.41) is 10.6. The van der Waals surface area contributed by atoms with Crippen molar-refractivity contribution >= 4 is 17.5 Å². The molecule has 8 nitrogen and oxygen atoms in total. The number of aromatic nitrogens is 6. The monoisotopic (exact) mass is 303 g/mol. The molecule has 0 saturated heterocycles. The topological polar surface area (TPSA) is 90.0 Å². The minimum atomic E-state index is -0.528. The number of rotatable bonds is 2. The molecule has 1 amide bonds. The van der Waals surface area contributed by atoms with Gasteiger partial charge in [0.25, 0.3) is 5.91 Å². The van der Waals surface area contributed by atoms with Crippen LogP contribution in [0.2, 0.25) is 0 Å². The molecule has 3 aromatic rings. The summed E-state index contributed by atoms with van der Waals surface area (Å²) in [6.07, 6.45) is 2.66. The molecular weight excluding hydrogens is 289 g/mol. The zero-order valence-electron chi connectivity index (χ0n) is 12.3. The lowest BCUT2D eigenvalue weighted by Gasteiger charge is -2.17. The summed E-state index contributed by atoms with van der Waals surface area (Å²) < 4.78 is 15.9. The normalized spacial score (nSPS) is 11.8. The minimum Gasteiger partial charge on any atom is -0.286 e. The van der Waals surface area contributed by atoms with Crippen molar-refractivity contribution in [1.29, 1.82) is 0 Å². The fourth-order valence-corrected chi connectivity index (χ4v) is 1.76. The van der Waals surface area contributed by atoms with E-state index in [1.165, 1.54) is 29.2 Å². The molecule has 0 fully saturated rings. The Kier molecular flexibility index (Phi) is 3.12. The number of anilines is 1. The molecule has 0 unspecified atom stereocenters. The predicted molar refractivity (Wildman–Crippen MR) is 75.9 cm³/mol. The number of carbonyl (C=O) groups excluding carboxylic acids is 1. The van der Waals surface area contributed by atoms with Crippen LogP contribution in [0, 0.1) is 5.82 Å². The number of amides is 1. The third-order valence-corrected chi connectivity index (χ3v) is 2.90. The maximum absolute atomic E-state index is 13.1. The van der Waals surface area contributed by atoms with E-state index in [-0.39, 0.29) is 17.3 Å². The third-order valence-electron chi connectivity index (χ3n) is 2.90. The molecule has 0 saturated carbocycles. The van der Waals surface area contributed by atoms with Crippen molar-refractivity contribution in [3.8, 4) is 0 Å². The summed E-state index contributed by atoms with van der Waals surface area (Å²) in [7, 11) is 0. The molecule has 0 aromatic carbocycles. The molecule has 3 heterocycles. The largest absolute Gasteiger partial charge is 0.297 e. The van der Waals surface area contributed by atoms with Crippen LogP contribution in [0.4, 0.5) is 10.3 Å². The maximum atomic E-state index is 13.1. The minimum absolute atomic E-state index is 0.0139. The van der Waals surface area contributed by atoms with Crippen LogP contribution < -0.4 is 5.32 Å². The first-order valence-electron chi connectivity index (χ1n) is 6.58. The Morgan fingerprint density at radius 1 is 1.27 bits per heavy atom. The molecule has 22 heavy (non-hydrogen) atoms. The number of nitrogens with one attached hydrogen (secondary N) is 1. The summed E-state index contributed by atoms with van der Waals surface area (Å²) in [5.41, 5.74) is 0.148. The van der Waals surface area contributed by atoms with Gasteiger partial charge in [-0.25, -0.2) is 18.6 Å². The molecule has 0 aliphatic rings. The van der Waals surface area contributed by atoms with Crippen LogP contribution in [0.5, 0.6) is 0 Å². The Bertz CT molecular complexity index is 846. The molecule has 3 aromatic heterocycles. The Hall–Kier alpha value is -2.84. The number of halogens is 1. The second-order valence-electron chi connectivity index (χ2n) is 5.72. The van der Waals surface area contributed by atoms with Crippen LogP contribution in [0.15, 0.2) is 24.7 Å². The van der Waals surface area contributed by atoms with Crippen LogP contribution in [0.3, 0.4) is 0 Å². The summed E-state index contributed by atoms with van der Waals surface area (Å²) >= 11 is 0. The standard InChI is InChI=1S/C13H14FN7O/c1-13(2,3)21-7-15-10(18-21)11(22)17-12-16-9-5-4-8(14)6-20(9)19-12/h4-7H,1-3H3,(H,17,19,22). The van der Waals surface area contributed by atoms with Gasteiger partial charge in [0.1, 0.15) is 12.1 Å². The first-order valence-corrected chi connectivity index (χ1v) is 6.58. The lowest BCUT2D eigenvalue weighted by atomic mass is 10.1. The highest BCUT2D eigenvalue weighted by atomic mass is 19.1. The molecule has 0 atom stereocenters. The quantitative estimate of drug-likeness (QED) is 0.774. The van der Waals surface area contributed by atoms with Gasteiger partial charge in [-0.05, 0) is 32.9 Å². The smallest absolute Gasteiger partial charge is 0.286 e. The molecule has 0 aliphatic carbocycles.